The van der Waals surface area contributed by atoms with Crippen LogP contribution in [-0.4, -0.2) is 30.5 Å². The van der Waals surface area contributed by atoms with Crippen LogP contribution in [0.25, 0.3) is 5.69 Å². The van der Waals surface area contributed by atoms with Gasteiger partial charge in [0.2, 0.25) is 0 Å². The number of rotatable bonds is 5. The molecule has 2 N–H and O–H groups in total. The van der Waals surface area contributed by atoms with Crippen LogP contribution in [0.1, 0.15) is 35.1 Å². The predicted molar refractivity (Wildman–Crippen MR) is 98.1 cm³/mol. The van der Waals surface area contributed by atoms with Crippen molar-refractivity contribution in [3.05, 3.63) is 57.3 Å². The molecule has 1 saturated carbocycles. The van der Waals surface area contributed by atoms with E-state index in [0.29, 0.717) is 22.9 Å². The number of H-pyrrole nitrogens is 1. The molecule has 1 fully saturated rings. The molecule has 3 aromatic rings. The SMILES string of the molecule is O=C(NCc1n[nH]c(=S)n1C1CC1)c1cnn(-c2ccc(Br)cc2)c1. The summed E-state index contributed by atoms with van der Waals surface area (Å²) < 4.78 is 5.25. The normalized spacial score (nSPS) is 13.8. The minimum Gasteiger partial charge on any atom is -0.345 e. The molecule has 0 unspecified atom stereocenters. The Hall–Kier alpha value is -2.26. The van der Waals surface area contributed by atoms with Crippen molar-refractivity contribution >= 4 is 34.1 Å². The van der Waals surface area contributed by atoms with Gasteiger partial charge in [0.1, 0.15) is 0 Å². The lowest BCUT2D eigenvalue weighted by Crippen LogP contribution is -2.24. The van der Waals surface area contributed by atoms with E-state index in [2.05, 4.69) is 36.5 Å². The Morgan fingerprint density at radius 2 is 2.12 bits per heavy atom. The monoisotopic (exact) mass is 418 g/mol. The molecule has 0 aliphatic heterocycles. The van der Waals surface area contributed by atoms with Gasteiger partial charge in [-0.2, -0.15) is 10.2 Å². The maximum Gasteiger partial charge on any atom is 0.254 e. The van der Waals surface area contributed by atoms with Gasteiger partial charge in [0.25, 0.3) is 5.91 Å². The maximum absolute atomic E-state index is 12.4. The Bertz CT molecular complexity index is 969. The first-order valence-electron chi connectivity index (χ1n) is 7.86. The summed E-state index contributed by atoms with van der Waals surface area (Å²) in [4.78, 5) is 12.4. The zero-order valence-electron chi connectivity index (χ0n) is 13.1. The lowest BCUT2D eigenvalue weighted by atomic mass is 10.3. The third-order valence-corrected chi connectivity index (χ3v) is 4.85. The van der Waals surface area contributed by atoms with E-state index in [-0.39, 0.29) is 5.91 Å². The first-order chi connectivity index (χ1) is 12.1. The van der Waals surface area contributed by atoms with Crippen molar-refractivity contribution in [1.29, 1.82) is 0 Å². The van der Waals surface area contributed by atoms with Gasteiger partial charge < -0.3 is 5.32 Å². The van der Waals surface area contributed by atoms with Crippen LogP contribution in [0.2, 0.25) is 0 Å². The number of nitrogens with one attached hydrogen (secondary N) is 2. The van der Waals surface area contributed by atoms with Crippen LogP contribution in [0.3, 0.4) is 0 Å². The van der Waals surface area contributed by atoms with Crippen LogP contribution in [0.4, 0.5) is 0 Å². The smallest absolute Gasteiger partial charge is 0.254 e. The number of hydrogen-bond donors (Lipinski definition) is 2. The topological polar surface area (TPSA) is 80.5 Å². The Morgan fingerprint density at radius 3 is 2.84 bits per heavy atom. The van der Waals surface area contributed by atoms with E-state index in [9.17, 15) is 4.79 Å². The Kier molecular flexibility index (Phi) is 4.26. The number of hydrogen-bond acceptors (Lipinski definition) is 4. The number of aromatic amines is 1. The fourth-order valence-corrected chi connectivity index (χ4v) is 3.17. The summed E-state index contributed by atoms with van der Waals surface area (Å²) in [6, 6.07) is 8.12. The molecule has 7 nitrogen and oxygen atoms in total. The van der Waals surface area contributed by atoms with Gasteiger partial charge in [-0.25, -0.2) is 4.68 Å². The van der Waals surface area contributed by atoms with E-state index < -0.39 is 0 Å². The number of halogens is 1. The van der Waals surface area contributed by atoms with Gasteiger partial charge in [-0.15, -0.1) is 0 Å². The summed E-state index contributed by atoms with van der Waals surface area (Å²) in [7, 11) is 0. The van der Waals surface area contributed by atoms with Crippen LogP contribution in [0.5, 0.6) is 0 Å². The van der Waals surface area contributed by atoms with Gasteiger partial charge in [0, 0.05) is 16.7 Å². The summed E-state index contributed by atoms with van der Waals surface area (Å²) in [5.41, 5.74) is 1.38. The van der Waals surface area contributed by atoms with Crippen LogP contribution in [0, 0.1) is 4.77 Å². The molecule has 2 heterocycles. The molecule has 0 atom stereocenters. The molecule has 0 bridgehead atoms. The molecule has 4 rings (SSSR count). The number of benzene rings is 1. The Balaban J connectivity index is 1.45. The molecule has 0 saturated heterocycles. The van der Waals surface area contributed by atoms with Crippen LogP contribution in [0.15, 0.2) is 41.1 Å². The quantitative estimate of drug-likeness (QED) is 0.623. The van der Waals surface area contributed by atoms with Crippen molar-refractivity contribution in [3.63, 3.8) is 0 Å². The van der Waals surface area contributed by atoms with Gasteiger partial charge >= 0.3 is 0 Å². The summed E-state index contributed by atoms with van der Waals surface area (Å²) in [5, 5.41) is 14.1. The standard InChI is InChI=1S/C16H15BrN6OS/c17-11-1-3-12(4-2-11)22-9-10(7-19-22)15(24)18-8-14-20-21-16(25)23(14)13-5-6-13/h1-4,7,9,13H,5-6,8H2,(H,18,24)(H,21,25). The first kappa shape index (κ1) is 16.2. The lowest BCUT2D eigenvalue weighted by Gasteiger charge is -2.06. The van der Waals surface area contributed by atoms with Crippen LogP contribution in [-0.2, 0) is 6.54 Å². The summed E-state index contributed by atoms with van der Waals surface area (Å²) in [5.74, 6) is 0.556. The van der Waals surface area contributed by atoms with Crippen molar-refractivity contribution in [3.8, 4) is 5.69 Å². The van der Waals surface area contributed by atoms with E-state index in [1.54, 1.807) is 17.1 Å². The van der Waals surface area contributed by atoms with Crippen molar-refractivity contribution in [2.24, 2.45) is 0 Å². The predicted octanol–water partition coefficient (Wildman–Crippen LogP) is 3.15. The van der Waals surface area contributed by atoms with Gasteiger partial charge in [-0.3, -0.25) is 14.5 Å². The Morgan fingerprint density at radius 1 is 1.36 bits per heavy atom. The van der Waals surface area contributed by atoms with Gasteiger partial charge in [0.15, 0.2) is 10.6 Å². The van der Waals surface area contributed by atoms with Gasteiger partial charge in [-0.1, -0.05) is 15.9 Å². The second kappa shape index (κ2) is 6.57. The third kappa shape index (κ3) is 3.42. The molecule has 1 amide bonds. The molecule has 0 spiro atoms. The highest BCUT2D eigenvalue weighted by Gasteiger charge is 2.27. The van der Waals surface area contributed by atoms with Crippen molar-refractivity contribution in [1.82, 2.24) is 29.9 Å². The van der Waals surface area contributed by atoms with E-state index in [0.717, 1.165) is 28.8 Å². The molecule has 25 heavy (non-hydrogen) atoms. The maximum atomic E-state index is 12.4. The average molecular weight is 419 g/mol. The molecule has 1 aromatic carbocycles. The lowest BCUT2D eigenvalue weighted by molar-refractivity contribution is 0.0949. The zero-order valence-corrected chi connectivity index (χ0v) is 15.5. The van der Waals surface area contributed by atoms with Crippen LogP contribution >= 0.6 is 28.1 Å². The van der Waals surface area contributed by atoms with Gasteiger partial charge in [-0.05, 0) is 49.3 Å². The van der Waals surface area contributed by atoms with E-state index in [1.165, 1.54) is 0 Å². The van der Waals surface area contributed by atoms with Crippen molar-refractivity contribution in [2.45, 2.75) is 25.4 Å². The summed E-state index contributed by atoms with van der Waals surface area (Å²) in [6.07, 6.45) is 5.47. The molecular weight excluding hydrogens is 404 g/mol. The molecule has 1 aliphatic carbocycles. The minimum atomic E-state index is -0.195. The highest BCUT2D eigenvalue weighted by Crippen LogP contribution is 2.35. The minimum absolute atomic E-state index is 0.195. The molecular formula is C16H15BrN6OS. The number of nitrogens with zero attached hydrogens (tertiary/aromatic N) is 4. The molecule has 2 aromatic heterocycles. The first-order valence-corrected chi connectivity index (χ1v) is 9.06. The number of carbonyl (C=O) groups is 1. The Labute approximate surface area is 157 Å². The number of amides is 1. The zero-order chi connectivity index (χ0) is 17.4. The fraction of sp³-hybridized carbons (Fsp3) is 0.250. The summed E-state index contributed by atoms with van der Waals surface area (Å²) >= 11 is 8.64. The van der Waals surface area contributed by atoms with E-state index >= 15 is 0 Å². The molecule has 9 heteroatoms. The second-order valence-corrected chi connectivity index (χ2v) is 7.18. The van der Waals surface area contributed by atoms with Crippen molar-refractivity contribution < 1.29 is 4.79 Å². The summed E-state index contributed by atoms with van der Waals surface area (Å²) in [6.45, 7) is 0.325. The fourth-order valence-electron chi connectivity index (χ4n) is 2.61. The highest BCUT2D eigenvalue weighted by atomic mass is 79.9. The highest BCUT2D eigenvalue weighted by molar-refractivity contribution is 9.10. The van der Waals surface area contributed by atoms with Crippen LogP contribution < -0.4 is 5.32 Å². The molecule has 128 valence electrons. The molecule has 0 radical (unpaired) electrons. The number of carbonyl (C=O) groups excluding carboxylic acids is 1. The number of aromatic nitrogens is 5. The van der Waals surface area contributed by atoms with Gasteiger partial charge in [0.05, 0.1) is 24.0 Å². The third-order valence-electron chi connectivity index (χ3n) is 4.03. The van der Waals surface area contributed by atoms with Crippen molar-refractivity contribution in [2.75, 3.05) is 0 Å². The van der Waals surface area contributed by atoms with E-state index in [4.69, 9.17) is 12.2 Å². The molecule has 1 aliphatic rings. The largest absolute Gasteiger partial charge is 0.345 e. The average Bonchev–Trinajstić information content (AvgIpc) is 3.19. The second-order valence-electron chi connectivity index (χ2n) is 5.88. The van der Waals surface area contributed by atoms with E-state index in [1.807, 2.05) is 28.8 Å².